The number of likely N-dealkylation sites (N-methyl/N-ethyl adjacent to an activating group) is 1. The standard InChI is InChI=1S/C16H22N4.C2H3N.2ClHO4.Ni.H2O/c1-19(2)11-12-20(13-15-7-3-5-9-17-15)14-16-8-4-6-10-18-16;1-2-3;2*2-1(3,4)5;;/h3-10H,11-14H2,1-2H3;1H3;2*(H,2,3,4,5);;1H2/q;;;;+2;/p-1. The molecule has 0 saturated heterocycles. The van der Waals surface area contributed by atoms with Crippen LogP contribution in [0.3, 0.4) is 0 Å². The molecule has 0 fully saturated rings. The number of aromatic nitrogens is 2. The molecule has 0 aliphatic carbocycles. The van der Waals surface area contributed by atoms with E-state index in [1.165, 1.54) is 6.92 Å². The van der Waals surface area contributed by atoms with Gasteiger partial charge in [0, 0.05) is 45.5 Å². The molecule has 0 aromatic carbocycles. The van der Waals surface area contributed by atoms with E-state index < -0.39 is 20.5 Å². The molecule has 17 heteroatoms. The zero-order valence-corrected chi connectivity index (χ0v) is 21.6. The summed E-state index contributed by atoms with van der Waals surface area (Å²) in [7, 11) is -5.70. The quantitative estimate of drug-likeness (QED) is 0.215. The largest absolute Gasteiger partial charge is 2.00 e. The van der Waals surface area contributed by atoms with Crippen molar-refractivity contribution in [2.45, 2.75) is 20.0 Å². The summed E-state index contributed by atoms with van der Waals surface area (Å²) in [6, 6.07) is 13.9. The third kappa shape index (κ3) is 39.9. The van der Waals surface area contributed by atoms with E-state index in [0.29, 0.717) is 0 Å². The van der Waals surface area contributed by atoms with Crippen molar-refractivity contribution in [3.8, 4) is 6.07 Å². The molecule has 2 aromatic rings. The molecule has 35 heavy (non-hydrogen) atoms. The van der Waals surface area contributed by atoms with Gasteiger partial charge in [0.2, 0.25) is 0 Å². The van der Waals surface area contributed by atoms with E-state index in [1.807, 2.05) is 36.7 Å². The molecule has 0 aliphatic heterocycles. The number of halogens is 2. The molecule has 2 aromatic heterocycles. The van der Waals surface area contributed by atoms with Crippen LogP contribution in [0.15, 0.2) is 48.8 Å². The second-order valence-corrected chi connectivity index (χ2v) is 7.65. The maximum Gasteiger partial charge on any atom is 2.00 e. The predicted molar refractivity (Wildman–Crippen MR) is 97.3 cm³/mol. The molecule has 0 radical (unpaired) electrons. The summed E-state index contributed by atoms with van der Waals surface area (Å²) in [5, 5.41) is 7.32. The van der Waals surface area contributed by atoms with Gasteiger partial charge in [0.25, 0.3) is 0 Å². The minimum atomic E-state index is -4.94. The Hall–Kier alpha value is -1.58. The molecule has 0 atom stereocenters. The fraction of sp³-hybridized carbons (Fsp3) is 0.389. The van der Waals surface area contributed by atoms with Gasteiger partial charge in [-0.25, -0.2) is 37.3 Å². The molecule has 0 bridgehead atoms. The van der Waals surface area contributed by atoms with Crippen molar-refractivity contribution < 1.29 is 79.7 Å². The van der Waals surface area contributed by atoms with Crippen molar-refractivity contribution >= 4 is 0 Å². The first kappa shape index (κ1) is 40.6. The normalized spacial score (nSPS) is 10.1. The van der Waals surface area contributed by atoms with Crippen molar-refractivity contribution in [3.63, 3.8) is 0 Å². The van der Waals surface area contributed by atoms with E-state index in [9.17, 15) is 0 Å². The van der Waals surface area contributed by atoms with Gasteiger partial charge >= 0.3 is 16.5 Å². The monoisotopic (exact) mass is 586 g/mol. The van der Waals surface area contributed by atoms with Gasteiger partial charge in [-0.1, -0.05) is 12.1 Å². The Morgan fingerprint density at radius 1 is 0.771 bits per heavy atom. The van der Waals surface area contributed by atoms with Crippen molar-refractivity contribution in [1.29, 1.82) is 5.26 Å². The van der Waals surface area contributed by atoms with Gasteiger partial charge in [-0.15, -0.1) is 20.5 Å². The Morgan fingerprint density at radius 2 is 1.09 bits per heavy atom. The van der Waals surface area contributed by atoms with E-state index in [1.54, 1.807) is 6.07 Å². The smallest absolute Gasteiger partial charge is 0.457 e. The zero-order valence-electron chi connectivity index (χ0n) is 19.1. The van der Waals surface area contributed by atoms with E-state index in [0.717, 1.165) is 37.6 Å². The third-order valence-electron chi connectivity index (χ3n) is 3.09. The van der Waals surface area contributed by atoms with Crippen LogP contribution >= 0.6 is 0 Å². The Balaban J connectivity index is -0.000000268. The zero-order chi connectivity index (χ0) is 25.9. The van der Waals surface area contributed by atoms with Gasteiger partial charge < -0.3 is 10.4 Å². The molecule has 2 heterocycles. The van der Waals surface area contributed by atoms with Crippen molar-refractivity contribution in [2.75, 3.05) is 27.2 Å². The molecule has 0 unspecified atom stereocenters. The summed E-state index contributed by atoms with van der Waals surface area (Å²) in [5.74, 6) is 0. The van der Waals surface area contributed by atoms with E-state index in [-0.39, 0.29) is 22.0 Å². The minimum absolute atomic E-state index is 0. The average molecular weight is 588 g/mol. The number of nitrogens with zero attached hydrogens (tertiary/aromatic N) is 5. The third-order valence-corrected chi connectivity index (χ3v) is 3.09. The van der Waals surface area contributed by atoms with Crippen LogP contribution in [0.4, 0.5) is 0 Å². The van der Waals surface area contributed by atoms with Crippen LogP contribution in [0, 0.1) is 31.8 Å². The Bertz CT molecular complexity index is 699. The van der Waals surface area contributed by atoms with Crippen LogP contribution < -0.4 is 37.3 Å². The van der Waals surface area contributed by atoms with E-state index >= 15 is 0 Å². The first-order valence-corrected chi connectivity index (χ1v) is 11.3. The summed E-state index contributed by atoms with van der Waals surface area (Å²) in [5.41, 5.74) is 2.20. The first-order valence-electron chi connectivity index (χ1n) is 8.87. The number of hydrogen-bond donors (Lipinski definition) is 0. The van der Waals surface area contributed by atoms with Crippen molar-refractivity contribution in [2.24, 2.45) is 0 Å². The predicted octanol–water partition coefficient (Wildman–Crippen LogP) is -7.87. The number of nitriles is 1. The van der Waals surface area contributed by atoms with Crippen LogP contribution in [-0.4, -0.2) is 47.0 Å². The van der Waals surface area contributed by atoms with Gasteiger partial charge in [0.1, 0.15) is 0 Å². The van der Waals surface area contributed by atoms with Gasteiger partial charge in [0.05, 0.1) is 17.5 Å². The summed E-state index contributed by atoms with van der Waals surface area (Å²) < 4.78 is 67.9. The molecule has 202 valence electrons. The molecule has 0 aliphatic rings. The van der Waals surface area contributed by atoms with Crippen molar-refractivity contribution in [3.05, 3.63) is 60.2 Å². The fourth-order valence-corrected chi connectivity index (χ4v) is 2.00. The van der Waals surface area contributed by atoms with Gasteiger partial charge in [-0.2, -0.15) is 5.26 Å². The SMILES string of the molecule is CC#N.CN(C)CCN(Cc1ccccn1)Cc1ccccn1.[Ni+2].[O-][Cl+3]([O-])([O-])[O-].[O-][Cl+3]([O-])([O-])[O-].[OH3+]. The van der Waals surface area contributed by atoms with Crippen LogP contribution in [0.25, 0.3) is 0 Å². The number of pyridine rings is 2. The summed E-state index contributed by atoms with van der Waals surface area (Å²) >= 11 is 0. The summed E-state index contributed by atoms with van der Waals surface area (Å²) in [6.07, 6.45) is 3.69. The van der Waals surface area contributed by atoms with E-state index in [4.69, 9.17) is 42.5 Å². The summed E-state index contributed by atoms with van der Waals surface area (Å²) in [6.45, 7) is 5.16. The Kier molecular flexibility index (Phi) is 26.5. The Morgan fingerprint density at radius 3 is 1.31 bits per heavy atom. The van der Waals surface area contributed by atoms with Crippen LogP contribution in [0.2, 0.25) is 0 Å². The van der Waals surface area contributed by atoms with Crippen LogP contribution in [-0.2, 0) is 35.1 Å². The van der Waals surface area contributed by atoms with Gasteiger partial charge in [0.15, 0.2) is 0 Å². The van der Waals surface area contributed by atoms with Crippen LogP contribution in [0.5, 0.6) is 0 Å². The average Bonchev–Trinajstić information content (AvgIpc) is 2.66. The first-order chi connectivity index (χ1) is 15.2. The van der Waals surface area contributed by atoms with E-state index in [2.05, 4.69) is 46.0 Å². The fourth-order valence-electron chi connectivity index (χ4n) is 2.00. The maximum atomic E-state index is 8.49. The topological polar surface area (TPSA) is 274 Å². The second kappa shape index (κ2) is 22.9. The number of hydrogen-bond acceptors (Lipinski definition) is 13. The second-order valence-electron chi connectivity index (χ2n) is 6.14. The van der Waals surface area contributed by atoms with Crippen molar-refractivity contribution in [1.82, 2.24) is 19.8 Å². The van der Waals surface area contributed by atoms with Gasteiger partial charge in [-0.05, 0) is 38.4 Å². The maximum absolute atomic E-state index is 8.49. The molecule has 3 N–H and O–H groups in total. The van der Waals surface area contributed by atoms with Crippen LogP contribution in [0.1, 0.15) is 18.3 Å². The number of rotatable bonds is 7. The molecule has 0 saturated carbocycles. The Labute approximate surface area is 218 Å². The molecule has 0 spiro atoms. The molecule has 14 nitrogen and oxygen atoms in total. The molecule has 2 rings (SSSR count). The summed E-state index contributed by atoms with van der Waals surface area (Å²) in [4.78, 5) is 13.4. The molecular weight excluding hydrogens is 560 g/mol. The molecule has 0 amide bonds. The van der Waals surface area contributed by atoms with Gasteiger partial charge in [-0.3, -0.25) is 14.9 Å². The minimum Gasteiger partial charge on any atom is -0.457 e. The molecular formula is C18H28Cl2N5NiO9+.